The van der Waals surface area contributed by atoms with Crippen molar-refractivity contribution in [3.05, 3.63) is 29.3 Å². The highest BCUT2D eigenvalue weighted by molar-refractivity contribution is 7.98. The lowest BCUT2D eigenvalue weighted by atomic mass is 10.1. The van der Waals surface area contributed by atoms with Crippen molar-refractivity contribution in [1.82, 2.24) is 5.32 Å². The van der Waals surface area contributed by atoms with E-state index in [9.17, 15) is 5.26 Å². The van der Waals surface area contributed by atoms with E-state index in [1.807, 2.05) is 24.9 Å². The zero-order valence-electron chi connectivity index (χ0n) is 12.1. The van der Waals surface area contributed by atoms with E-state index in [0.29, 0.717) is 0 Å². The van der Waals surface area contributed by atoms with E-state index in [1.54, 1.807) is 0 Å². The average molecular weight is 277 g/mol. The number of anilines is 1. The summed E-state index contributed by atoms with van der Waals surface area (Å²) < 4.78 is 0. The molecule has 1 aromatic rings. The van der Waals surface area contributed by atoms with Gasteiger partial charge in [0.05, 0.1) is 11.3 Å². The van der Waals surface area contributed by atoms with Crippen LogP contribution in [0.25, 0.3) is 0 Å². The number of nitrogens with zero attached hydrogens (tertiary/aromatic N) is 2. The van der Waals surface area contributed by atoms with Gasteiger partial charge in [0.25, 0.3) is 0 Å². The number of thioether (sulfide) groups is 1. The second kappa shape index (κ2) is 8.84. The van der Waals surface area contributed by atoms with E-state index in [4.69, 9.17) is 0 Å². The molecule has 1 aromatic carbocycles. The van der Waals surface area contributed by atoms with Crippen LogP contribution < -0.4 is 10.2 Å². The molecule has 19 heavy (non-hydrogen) atoms. The van der Waals surface area contributed by atoms with Gasteiger partial charge < -0.3 is 10.2 Å². The third kappa shape index (κ3) is 5.14. The van der Waals surface area contributed by atoms with Crippen molar-refractivity contribution in [2.45, 2.75) is 19.9 Å². The summed E-state index contributed by atoms with van der Waals surface area (Å²) in [7, 11) is 2.04. The summed E-state index contributed by atoms with van der Waals surface area (Å²) in [5, 5.41) is 12.6. The SMILES string of the molecule is CCCNCc1ccc(N(C)CCSC)c(C#N)c1. The Morgan fingerprint density at radius 2 is 2.21 bits per heavy atom. The zero-order chi connectivity index (χ0) is 14.1. The number of benzene rings is 1. The minimum Gasteiger partial charge on any atom is -0.373 e. The van der Waals surface area contributed by atoms with Gasteiger partial charge in [-0.1, -0.05) is 13.0 Å². The van der Waals surface area contributed by atoms with Gasteiger partial charge >= 0.3 is 0 Å². The smallest absolute Gasteiger partial charge is 0.101 e. The fourth-order valence-electron chi connectivity index (χ4n) is 1.87. The molecule has 104 valence electrons. The molecular formula is C15H23N3S. The van der Waals surface area contributed by atoms with Crippen molar-refractivity contribution >= 4 is 17.4 Å². The quantitative estimate of drug-likeness (QED) is 0.742. The van der Waals surface area contributed by atoms with Gasteiger partial charge in [0.2, 0.25) is 0 Å². The summed E-state index contributed by atoms with van der Waals surface area (Å²) in [5.41, 5.74) is 2.96. The van der Waals surface area contributed by atoms with Crippen LogP contribution in [0.1, 0.15) is 24.5 Å². The Morgan fingerprint density at radius 3 is 2.84 bits per heavy atom. The topological polar surface area (TPSA) is 39.1 Å². The van der Waals surface area contributed by atoms with Gasteiger partial charge in [0.1, 0.15) is 6.07 Å². The molecule has 0 saturated carbocycles. The maximum absolute atomic E-state index is 9.29. The number of rotatable bonds is 8. The Balaban J connectivity index is 2.76. The Kier molecular flexibility index (Phi) is 7.39. The average Bonchev–Trinajstić information content (AvgIpc) is 2.44. The van der Waals surface area contributed by atoms with E-state index in [-0.39, 0.29) is 0 Å². The van der Waals surface area contributed by atoms with Crippen molar-refractivity contribution in [2.75, 3.05) is 37.0 Å². The summed E-state index contributed by atoms with van der Waals surface area (Å²) in [6.07, 6.45) is 3.22. The van der Waals surface area contributed by atoms with Crippen LogP contribution in [0.3, 0.4) is 0 Å². The fraction of sp³-hybridized carbons (Fsp3) is 0.533. The molecule has 0 aliphatic heterocycles. The number of nitriles is 1. The normalized spacial score (nSPS) is 10.2. The monoisotopic (exact) mass is 277 g/mol. The molecule has 0 fully saturated rings. The third-order valence-corrected chi connectivity index (χ3v) is 3.57. The summed E-state index contributed by atoms with van der Waals surface area (Å²) in [4.78, 5) is 2.15. The first kappa shape index (κ1) is 15.9. The summed E-state index contributed by atoms with van der Waals surface area (Å²) in [6.45, 7) is 4.95. The van der Waals surface area contributed by atoms with Crippen LogP contribution in [0, 0.1) is 11.3 Å². The van der Waals surface area contributed by atoms with Gasteiger partial charge in [-0.05, 0) is 36.9 Å². The first-order valence-corrected chi connectivity index (χ1v) is 8.06. The van der Waals surface area contributed by atoms with E-state index in [1.165, 1.54) is 5.56 Å². The predicted octanol–water partition coefficient (Wildman–Crippen LogP) is 2.86. The Bertz CT molecular complexity index is 426. The van der Waals surface area contributed by atoms with Gasteiger partial charge in [-0.25, -0.2) is 0 Å². The van der Waals surface area contributed by atoms with Crippen LogP contribution in [0.4, 0.5) is 5.69 Å². The highest BCUT2D eigenvalue weighted by Crippen LogP contribution is 2.20. The fourth-order valence-corrected chi connectivity index (χ4v) is 2.33. The molecule has 0 radical (unpaired) electrons. The molecule has 0 saturated heterocycles. The molecule has 0 unspecified atom stereocenters. The van der Waals surface area contributed by atoms with Gasteiger partial charge in [-0.3, -0.25) is 0 Å². The minimum absolute atomic E-state index is 0.763. The van der Waals surface area contributed by atoms with Crippen LogP contribution in [0.15, 0.2) is 18.2 Å². The van der Waals surface area contributed by atoms with Crippen LogP contribution in [-0.4, -0.2) is 32.1 Å². The number of hydrogen-bond donors (Lipinski definition) is 1. The first-order valence-electron chi connectivity index (χ1n) is 6.66. The van der Waals surface area contributed by atoms with Crippen molar-refractivity contribution in [3.63, 3.8) is 0 Å². The standard InChI is InChI=1S/C15H23N3S/c1-4-7-17-12-13-5-6-15(14(10-13)11-16)18(2)8-9-19-3/h5-6,10,17H,4,7-9,12H2,1-3H3. The van der Waals surface area contributed by atoms with Gasteiger partial charge in [0.15, 0.2) is 0 Å². The molecule has 0 heterocycles. The van der Waals surface area contributed by atoms with Crippen molar-refractivity contribution in [2.24, 2.45) is 0 Å². The Hall–Kier alpha value is -1.18. The molecule has 0 aromatic heterocycles. The Labute approximate surface area is 121 Å². The highest BCUT2D eigenvalue weighted by atomic mass is 32.2. The van der Waals surface area contributed by atoms with Crippen LogP contribution >= 0.6 is 11.8 Å². The van der Waals surface area contributed by atoms with Crippen molar-refractivity contribution in [3.8, 4) is 6.07 Å². The largest absolute Gasteiger partial charge is 0.373 e. The molecule has 0 amide bonds. The van der Waals surface area contributed by atoms with Gasteiger partial charge in [-0.15, -0.1) is 0 Å². The maximum Gasteiger partial charge on any atom is 0.101 e. The van der Waals surface area contributed by atoms with Gasteiger partial charge in [0, 0.05) is 25.9 Å². The van der Waals surface area contributed by atoms with E-state index in [2.05, 4.69) is 41.6 Å². The molecular weight excluding hydrogens is 254 g/mol. The summed E-state index contributed by atoms with van der Waals surface area (Å²) >= 11 is 1.82. The molecule has 3 nitrogen and oxygen atoms in total. The van der Waals surface area contributed by atoms with Crippen molar-refractivity contribution in [1.29, 1.82) is 5.26 Å². The van der Waals surface area contributed by atoms with Gasteiger partial charge in [-0.2, -0.15) is 17.0 Å². The molecule has 1 N–H and O–H groups in total. The molecule has 0 bridgehead atoms. The summed E-state index contributed by atoms with van der Waals surface area (Å²) in [6, 6.07) is 8.46. The lowest BCUT2D eigenvalue weighted by Crippen LogP contribution is -2.21. The lowest BCUT2D eigenvalue weighted by molar-refractivity contribution is 0.675. The predicted molar refractivity (Wildman–Crippen MR) is 84.8 cm³/mol. The zero-order valence-corrected chi connectivity index (χ0v) is 12.9. The Morgan fingerprint density at radius 1 is 1.42 bits per heavy atom. The molecule has 1 rings (SSSR count). The van der Waals surface area contributed by atoms with E-state index >= 15 is 0 Å². The summed E-state index contributed by atoms with van der Waals surface area (Å²) in [5.74, 6) is 1.07. The highest BCUT2D eigenvalue weighted by Gasteiger charge is 2.08. The lowest BCUT2D eigenvalue weighted by Gasteiger charge is -2.20. The van der Waals surface area contributed by atoms with E-state index < -0.39 is 0 Å². The molecule has 4 heteroatoms. The first-order chi connectivity index (χ1) is 9.22. The minimum atomic E-state index is 0.763. The second-order valence-electron chi connectivity index (χ2n) is 4.55. The van der Waals surface area contributed by atoms with Crippen LogP contribution in [0.2, 0.25) is 0 Å². The van der Waals surface area contributed by atoms with E-state index in [0.717, 1.165) is 43.1 Å². The van der Waals surface area contributed by atoms with Crippen LogP contribution in [0.5, 0.6) is 0 Å². The second-order valence-corrected chi connectivity index (χ2v) is 5.54. The van der Waals surface area contributed by atoms with Crippen LogP contribution in [-0.2, 0) is 6.54 Å². The number of hydrogen-bond acceptors (Lipinski definition) is 4. The molecule has 0 spiro atoms. The number of nitrogens with one attached hydrogen (secondary N) is 1. The molecule has 0 aliphatic carbocycles. The third-order valence-electron chi connectivity index (χ3n) is 2.98. The maximum atomic E-state index is 9.29. The van der Waals surface area contributed by atoms with Crippen molar-refractivity contribution < 1.29 is 0 Å². The molecule has 0 aliphatic rings. The molecule has 0 atom stereocenters.